The van der Waals surface area contributed by atoms with Crippen molar-refractivity contribution in [1.29, 1.82) is 0 Å². The van der Waals surface area contributed by atoms with Crippen molar-refractivity contribution in [2.45, 2.75) is 0 Å². The van der Waals surface area contributed by atoms with Crippen LogP contribution in [0.25, 0.3) is 11.3 Å². The summed E-state index contributed by atoms with van der Waals surface area (Å²) in [6.07, 6.45) is 3.91. The number of nitrogens with zero attached hydrogens (tertiary/aromatic N) is 2. The summed E-state index contributed by atoms with van der Waals surface area (Å²) in [5.41, 5.74) is -0.0272. The van der Waals surface area contributed by atoms with E-state index in [-0.39, 0.29) is 16.8 Å². The predicted molar refractivity (Wildman–Crippen MR) is 60.2 cm³/mol. The third kappa shape index (κ3) is 2.17. The molecule has 0 spiro atoms. The molecule has 2 aromatic heterocycles. The topological polar surface area (TPSA) is 100 Å². The first kappa shape index (κ1) is 11.7. The van der Waals surface area contributed by atoms with Gasteiger partial charge < -0.3 is 10.2 Å². The van der Waals surface area contributed by atoms with Crippen LogP contribution in [0.5, 0.6) is 0 Å². The second-order valence-electron chi connectivity index (χ2n) is 3.37. The fraction of sp³-hybridized carbons (Fsp3) is 0. The fourth-order valence-electron chi connectivity index (χ4n) is 1.40. The standard InChI is InChI=1S/C12H7N2O4/c15-11(16)7-5-10(12(17)18)14-6-8(7)9-3-1-2-4-13-9/h1-5H,(H,15,16)(H,17,18). The molecule has 2 heterocycles. The van der Waals surface area contributed by atoms with Crippen LogP contribution in [0.1, 0.15) is 20.8 Å². The fourth-order valence-corrected chi connectivity index (χ4v) is 1.40. The zero-order valence-corrected chi connectivity index (χ0v) is 8.99. The minimum absolute atomic E-state index is 0.160. The van der Waals surface area contributed by atoms with Gasteiger partial charge in [0.25, 0.3) is 0 Å². The third-order valence-electron chi connectivity index (χ3n) is 2.21. The lowest BCUT2D eigenvalue weighted by Gasteiger charge is -2.04. The van der Waals surface area contributed by atoms with Crippen molar-refractivity contribution >= 4 is 11.9 Å². The summed E-state index contributed by atoms with van der Waals surface area (Å²) in [4.78, 5) is 29.4. The Balaban J connectivity index is 2.61. The predicted octanol–water partition coefficient (Wildman–Crippen LogP) is 1.34. The minimum Gasteiger partial charge on any atom is -0.478 e. The van der Waals surface area contributed by atoms with Crippen LogP contribution in [0.2, 0.25) is 0 Å². The van der Waals surface area contributed by atoms with Crippen LogP contribution in [0, 0.1) is 6.20 Å². The van der Waals surface area contributed by atoms with Gasteiger partial charge in [-0.3, -0.25) is 4.98 Å². The monoisotopic (exact) mass is 243 g/mol. The lowest BCUT2D eigenvalue weighted by molar-refractivity contribution is 0.0690. The smallest absolute Gasteiger partial charge is 0.354 e. The van der Waals surface area contributed by atoms with Crippen LogP contribution in [-0.2, 0) is 0 Å². The number of aromatic carboxylic acids is 2. The number of carbonyl (C=O) groups is 2. The number of rotatable bonds is 3. The van der Waals surface area contributed by atoms with Gasteiger partial charge in [-0.05, 0) is 18.2 Å². The first-order chi connectivity index (χ1) is 8.59. The maximum absolute atomic E-state index is 11.1. The van der Waals surface area contributed by atoms with Gasteiger partial charge in [-0.1, -0.05) is 6.07 Å². The molecule has 0 aromatic carbocycles. The largest absolute Gasteiger partial charge is 0.478 e. The number of carboxylic acid groups (broad SMARTS) is 2. The van der Waals surface area contributed by atoms with E-state index in [4.69, 9.17) is 10.2 Å². The van der Waals surface area contributed by atoms with Crippen molar-refractivity contribution in [2.24, 2.45) is 0 Å². The molecule has 0 amide bonds. The molecule has 0 fully saturated rings. The average molecular weight is 243 g/mol. The van der Waals surface area contributed by atoms with E-state index in [2.05, 4.69) is 16.2 Å². The molecule has 1 radical (unpaired) electrons. The Kier molecular flexibility index (Phi) is 3.01. The molecule has 18 heavy (non-hydrogen) atoms. The van der Waals surface area contributed by atoms with Crippen LogP contribution in [0.15, 0.2) is 30.5 Å². The van der Waals surface area contributed by atoms with Crippen molar-refractivity contribution in [3.8, 4) is 11.3 Å². The molecule has 2 aromatic rings. The summed E-state index contributed by atoms with van der Waals surface area (Å²) in [7, 11) is 0. The summed E-state index contributed by atoms with van der Waals surface area (Å²) in [5.74, 6) is -2.56. The zero-order chi connectivity index (χ0) is 13.1. The highest BCUT2D eigenvalue weighted by atomic mass is 16.4. The highest BCUT2D eigenvalue weighted by molar-refractivity contribution is 5.97. The second-order valence-corrected chi connectivity index (χ2v) is 3.37. The molecule has 89 valence electrons. The van der Waals surface area contributed by atoms with Crippen LogP contribution in [0.3, 0.4) is 0 Å². The van der Waals surface area contributed by atoms with Crippen LogP contribution in [-0.4, -0.2) is 32.1 Å². The number of aromatic nitrogens is 2. The van der Waals surface area contributed by atoms with E-state index in [9.17, 15) is 9.59 Å². The van der Waals surface area contributed by atoms with Crippen molar-refractivity contribution in [1.82, 2.24) is 9.97 Å². The molecular weight excluding hydrogens is 236 g/mol. The van der Waals surface area contributed by atoms with Gasteiger partial charge in [0.05, 0.1) is 11.3 Å². The highest BCUT2D eigenvalue weighted by Crippen LogP contribution is 2.20. The Morgan fingerprint density at radius 2 is 1.94 bits per heavy atom. The highest BCUT2D eigenvalue weighted by Gasteiger charge is 2.17. The second kappa shape index (κ2) is 4.62. The Morgan fingerprint density at radius 1 is 1.17 bits per heavy atom. The van der Waals surface area contributed by atoms with E-state index in [1.807, 2.05) is 0 Å². The first-order valence-corrected chi connectivity index (χ1v) is 4.90. The van der Waals surface area contributed by atoms with E-state index < -0.39 is 11.9 Å². The van der Waals surface area contributed by atoms with Gasteiger partial charge in [0.2, 0.25) is 0 Å². The van der Waals surface area contributed by atoms with Crippen molar-refractivity contribution in [2.75, 3.05) is 0 Å². The Morgan fingerprint density at radius 3 is 2.50 bits per heavy atom. The Hall–Kier alpha value is -2.76. The van der Waals surface area contributed by atoms with Gasteiger partial charge in [-0.25, -0.2) is 14.6 Å². The van der Waals surface area contributed by atoms with E-state index >= 15 is 0 Å². The third-order valence-corrected chi connectivity index (χ3v) is 2.21. The zero-order valence-electron chi connectivity index (χ0n) is 8.99. The molecule has 0 aliphatic heterocycles. The van der Waals surface area contributed by atoms with Gasteiger partial charge in [-0.15, -0.1) is 0 Å². The number of hydrogen-bond acceptors (Lipinski definition) is 4. The summed E-state index contributed by atoms with van der Waals surface area (Å²) >= 11 is 0. The van der Waals surface area contributed by atoms with Crippen LogP contribution >= 0.6 is 0 Å². The van der Waals surface area contributed by atoms with Gasteiger partial charge in [0, 0.05) is 11.8 Å². The number of carboxylic acids is 2. The van der Waals surface area contributed by atoms with Gasteiger partial charge in [0.15, 0.2) is 0 Å². The summed E-state index contributed by atoms with van der Waals surface area (Å²) in [5, 5.41) is 17.8. The van der Waals surface area contributed by atoms with Gasteiger partial charge >= 0.3 is 11.9 Å². The molecule has 0 saturated carbocycles. The van der Waals surface area contributed by atoms with E-state index in [1.165, 1.54) is 6.20 Å². The molecule has 0 unspecified atom stereocenters. The quantitative estimate of drug-likeness (QED) is 0.843. The summed E-state index contributed by atoms with van der Waals surface area (Å²) in [6, 6.07) is 5.96. The van der Waals surface area contributed by atoms with Crippen LogP contribution < -0.4 is 0 Å². The molecule has 6 heteroatoms. The van der Waals surface area contributed by atoms with Crippen molar-refractivity contribution in [3.05, 3.63) is 47.9 Å². The van der Waals surface area contributed by atoms with Crippen molar-refractivity contribution in [3.63, 3.8) is 0 Å². The molecule has 2 rings (SSSR count). The molecule has 0 aliphatic rings. The maximum Gasteiger partial charge on any atom is 0.354 e. The SMILES string of the molecule is O=C(O)c1cc(C(=O)O)c(-c2ccccn2)[c]n1. The van der Waals surface area contributed by atoms with Crippen molar-refractivity contribution < 1.29 is 19.8 Å². The van der Waals surface area contributed by atoms with E-state index in [0.717, 1.165) is 6.07 Å². The first-order valence-electron chi connectivity index (χ1n) is 4.90. The molecule has 0 atom stereocenters. The minimum atomic E-state index is -1.30. The lowest BCUT2D eigenvalue weighted by Crippen LogP contribution is -2.07. The molecule has 0 bridgehead atoms. The van der Waals surface area contributed by atoms with Gasteiger partial charge in [-0.2, -0.15) is 0 Å². The lowest BCUT2D eigenvalue weighted by atomic mass is 10.1. The number of pyridine rings is 2. The summed E-state index contributed by atoms with van der Waals surface area (Å²) in [6.45, 7) is 0. The molecule has 0 saturated heterocycles. The molecule has 2 N–H and O–H groups in total. The Labute approximate surface area is 102 Å². The normalized spacial score (nSPS) is 10.0. The summed E-state index contributed by atoms with van der Waals surface area (Å²) < 4.78 is 0. The molecular formula is C12H7N2O4. The molecule has 6 nitrogen and oxygen atoms in total. The Bertz CT molecular complexity index is 611. The van der Waals surface area contributed by atoms with E-state index in [1.54, 1.807) is 18.2 Å². The molecule has 0 aliphatic carbocycles. The van der Waals surface area contributed by atoms with Crippen LogP contribution in [0.4, 0.5) is 0 Å². The average Bonchev–Trinajstić information content (AvgIpc) is 2.39. The maximum atomic E-state index is 11.1. The van der Waals surface area contributed by atoms with E-state index in [0.29, 0.717) is 5.69 Å². The van der Waals surface area contributed by atoms with Gasteiger partial charge in [0.1, 0.15) is 11.9 Å². The number of hydrogen-bond donors (Lipinski definition) is 2.